The van der Waals surface area contributed by atoms with Gasteiger partial charge in [-0.15, -0.1) is 12.4 Å². The van der Waals surface area contributed by atoms with E-state index in [4.69, 9.17) is 5.73 Å². The van der Waals surface area contributed by atoms with Crippen LogP contribution in [0.4, 0.5) is 20.2 Å². The molecule has 0 aromatic heterocycles. The molecule has 0 spiro atoms. The zero-order valence-electron chi connectivity index (χ0n) is 12.5. The number of nitrogen functional groups attached to an aromatic ring is 1. The van der Waals surface area contributed by atoms with Crippen molar-refractivity contribution in [3.8, 4) is 5.75 Å². The summed E-state index contributed by atoms with van der Waals surface area (Å²) in [5, 5.41) is 0. The second-order valence-corrected chi connectivity index (χ2v) is 5.40. The number of nitrogens with zero attached hydrogens (tertiary/aromatic N) is 1. The van der Waals surface area contributed by atoms with Crippen molar-refractivity contribution in [1.29, 1.82) is 0 Å². The van der Waals surface area contributed by atoms with E-state index in [1.165, 1.54) is 11.6 Å². The summed E-state index contributed by atoms with van der Waals surface area (Å²) in [5.74, 6) is 0.192. The Labute approximate surface area is 140 Å². The Kier molecular flexibility index (Phi) is 5.66. The molecule has 0 unspecified atom stereocenters. The second-order valence-electron chi connectivity index (χ2n) is 5.40. The molecular formula is C17H19ClF2N2O. The van der Waals surface area contributed by atoms with Gasteiger partial charge in [0.05, 0.1) is 0 Å². The number of nitrogens with two attached hydrogens (primary N) is 1. The van der Waals surface area contributed by atoms with Gasteiger partial charge in [0.1, 0.15) is 5.75 Å². The summed E-state index contributed by atoms with van der Waals surface area (Å²) in [4.78, 5) is 2.23. The van der Waals surface area contributed by atoms with Gasteiger partial charge in [-0.05, 0) is 48.2 Å². The minimum absolute atomic E-state index is 0. The molecule has 1 aliphatic rings. The zero-order chi connectivity index (χ0) is 15.5. The van der Waals surface area contributed by atoms with E-state index in [1.807, 2.05) is 18.2 Å². The summed E-state index contributed by atoms with van der Waals surface area (Å²) in [6.07, 6.45) is 2.02. The maximum Gasteiger partial charge on any atom is 0.387 e. The highest BCUT2D eigenvalue weighted by atomic mass is 35.5. The third-order valence-corrected chi connectivity index (χ3v) is 3.88. The number of hydrogen-bond acceptors (Lipinski definition) is 3. The Bertz CT molecular complexity index is 667. The molecule has 2 aromatic rings. The summed E-state index contributed by atoms with van der Waals surface area (Å²) in [6, 6.07) is 12.8. The quantitative estimate of drug-likeness (QED) is 0.846. The van der Waals surface area contributed by atoms with Crippen molar-refractivity contribution in [2.45, 2.75) is 26.0 Å². The number of alkyl halides is 2. The first-order valence-electron chi connectivity index (χ1n) is 7.29. The average molecular weight is 341 g/mol. The fourth-order valence-electron chi connectivity index (χ4n) is 2.93. The third-order valence-electron chi connectivity index (χ3n) is 3.88. The molecule has 2 aromatic carbocycles. The van der Waals surface area contributed by atoms with E-state index in [0.717, 1.165) is 36.3 Å². The van der Waals surface area contributed by atoms with Gasteiger partial charge in [0.2, 0.25) is 0 Å². The minimum Gasteiger partial charge on any atom is -0.435 e. The average Bonchev–Trinajstić information content (AvgIpc) is 2.48. The molecule has 1 heterocycles. The molecule has 124 valence electrons. The first-order valence-corrected chi connectivity index (χ1v) is 7.29. The van der Waals surface area contributed by atoms with Gasteiger partial charge >= 0.3 is 6.61 Å². The number of ether oxygens (including phenoxy) is 1. The summed E-state index contributed by atoms with van der Waals surface area (Å²) in [6.45, 7) is -1.22. The van der Waals surface area contributed by atoms with Crippen LogP contribution < -0.4 is 15.4 Å². The van der Waals surface area contributed by atoms with Crippen molar-refractivity contribution >= 4 is 23.8 Å². The van der Waals surface area contributed by atoms with Crippen LogP contribution in [0.25, 0.3) is 0 Å². The van der Waals surface area contributed by atoms with Gasteiger partial charge in [0, 0.05) is 24.5 Å². The number of fused-ring (bicyclic) bond motifs is 1. The number of anilines is 2. The molecule has 0 saturated heterocycles. The summed E-state index contributed by atoms with van der Waals surface area (Å²) in [5.41, 5.74) is 10.1. The van der Waals surface area contributed by atoms with Crippen LogP contribution in [0.3, 0.4) is 0 Å². The molecule has 0 saturated carbocycles. The van der Waals surface area contributed by atoms with E-state index in [0.29, 0.717) is 6.54 Å². The number of halogens is 3. The lowest BCUT2D eigenvalue weighted by Crippen LogP contribution is -2.29. The number of benzene rings is 2. The Balaban J connectivity index is 0.00000192. The van der Waals surface area contributed by atoms with Crippen molar-refractivity contribution in [3.05, 3.63) is 53.6 Å². The minimum atomic E-state index is -2.80. The lowest BCUT2D eigenvalue weighted by atomic mass is 9.99. The van der Waals surface area contributed by atoms with Crippen molar-refractivity contribution in [2.24, 2.45) is 0 Å². The molecule has 0 radical (unpaired) electrons. The molecule has 0 amide bonds. The fraction of sp³-hybridized carbons (Fsp3) is 0.294. The monoisotopic (exact) mass is 340 g/mol. The molecular weight excluding hydrogens is 322 g/mol. The lowest BCUT2D eigenvalue weighted by molar-refractivity contribution is -0.0498. The van der Waals surface area contributed by atoms with Crippen LogP contribution in [0.2, 0.25) is 0 Å². The molecule has 1 aliphatic heterocycles. The predicted octanol–water partition coefficient (Wildman–Crippen LogP) is 4.24. The van der Waals surface area contributed by atoms with E-state index in [9.17, 15) is 8.78 Å². The van der Waals surface area contributed by atoms with Crippen LogP contribution in [0, 0.1) is 0 Å². The molecule has 0 aliphatic carbocycles. The van der Waals surface area contributed by atoms with Gasteiger partial charge < -0.3 is 15.4 Å². The molecule has 3 nitrogen and oxygen atoms in total. The Morgan fingerprint density at radius 2 is 1.96 bits per heavy atom. The molecule has 6 heteroatoms. The largest absolute Gasteiger partial charge is 0.435 e. The highest BCUT2D eigenvalue weighted by molar-refractivity contribution is 5.85. The van der Waals surface area contributed by atoms with Crippen molar-refractivity contribution in [2.75, 3.05) is 17.2 Å². The Morgan fingerprint density at radius 3 is 2.74 bits per heavy atom. The van der Waals surface area contributed by atoms with Crippen LogP contribution in [0.1, 0.15) is 17.5 Å². The standard InChI is InChI=1S/C17H18F2N2O.ClH/c18-17(19)22-13-5-1-4-12(10-13)11-21-9-3-6-14-15(20)7-2-8-16(14)21;/h1-2,4-5,7-8,10,17H,3,6,9,11,20H2;1H. The normalized spacial score (nSPS) is 13.4. The highest BCUT2D eigenvalue weighted by Crippen LogP contribution is 2.32. The second kappa shape index (κ2) is 7.51. The fourth-order valence-corrected chi connectivity index (χ4v) is 2.93. The lowest BCUT2D eigenvalue weighted by Gasteiger charge is -2.32. The number of rotatable bonds is 4. The van der Waals surface area contributed by atoms with E-state index in [1.54, 1.807) is 12.1 Å². The van der Waals surface area contributed by atoms with E-state index in [2.05, 4.69) is 15.7 Å². The van der Waals surface area contributed by atoms with Gasteiger partial charge in [-0.2, -0.15) is 8.78 Å². The number of hydrogen-bond donors (Lipinski definition) is 1. The third kappa shape index (κ3) is 4.05. The summed E-state index contributed by atoms with van der Waals surface area (Å²) < 4.78 is 29.1. The molecule has 0 atom stereocenters. The first kappa shape index (κ1) is 17.3. The van der Waals surface area contributed by atoms with Crippen LogP contribution >= 0.6 is 12.4 Å². The molecule has 0 fully saturated rings. The molecule has 0 bridgehead atoms. The van der Waals surface area contributed by atoms with Crippen molar-refractivity contribution in [1.82, 2.24) is 0 Å². The van der Waals surface area contributed by atoms with Crippen molar-refractivity contribution in [3.63, 3.8) is 0 Å². The zero-order valence-corrected chi connectivity index (χ0v) is 13.4. The molecule has 2 N–H and O–H groups in total. The molecule has 23 heavy (non-hydrogen) atoms. The van der Waals surface area contributed by atoms with E-state index in [-0.39, 0.29) is 18.2 Å². The topological polar surface area (TPSA) is 38.5 Å². The SMILES string of the molecule is Cl.Nc1cccc2c1CCCN2Cc1cccc(OC(F)F)c1. The van der Waals surface area contributed by atoms with Gasteiger partial charge in [0.15, 0.2) is 0 Å². The van der Waals surface area contributed by atoms with Gasteiger partial charge in [-0.1, -0.05) is 18.2 Å². The summed E-state index contributed by atoms with van der Waals surface area (Å²) >= 11 is 0. The van der Waals surface area contributed by atoms with Gasteiger partial charge in [-0.25, -0.2) is 0 Å². The predicted molar refractivity (Wildman–Crippen MR) is 90.5 cm³/mol. The van der Waals surface area contributed by atoms with E-state index < -0.39 is 6.61 Å². The Hall–Kier alpha value is -2.01. The van der Waals surface area contributed by atoms with Gasteiger partial charge in [0.25, 0.3) is 0 Å². The first-order chi connectivity index (χ1) is 10.6. The molecule has 3 rings (SSSR count). The van der Waals surface area contributed by atoms with Crippen molar-refractivity contribution < 1.29 is 13.5 Å². The van der Waals surface area contributed by atoms with Crippen LogP contribution in [0.15, 0.2) is 42.5 Å². The van der Waals surface area contributed by atoms with Gasteiger partial charge in [-0.3, -0.25) is 0 Å². The van der Waals surface area contributed by atoms with E-state index >= 15 is 0 Å². The summed E-state index contributed by atoms with van der Waals surface area (Å²) in [7, 11) is 0. The van der Waals surface area contributed by atoms with Crippen LogP contribution in [0.5, 0.6) is 5.75 Å². The van der Waals surface area contributed by atoms with Crippen LogP contribution in [-0.2, 0) is 13.0 Å². The maximum absolute atomic E-state index is 12.3. The smallest absolute Gasteiger partial charge is 0.387 e. The highest BCUT2D eigenvalue weighted by Gasteiger charge is 2.18. The van der Waals surface area contributed by atoms with Crippen LogP contribution in [-0.4, -0.2) is 13.2 Å². The maximum atomic E-state index is 12.3. The Morgan fingerprint density at radius 1 is 1.17 bits per heavy atom.